The van der Waals surface area contributed by atoms with Gasteiger partial charge in [0.1, 0.15) is 11.5 Å². The normalized spacial score (nSPS) is 15.9. The number of carbonyl (C=O) groups excluding carboxylic acids is 1. The third kappa shape index (κ3) is 2.84. The van der Waals surface area contributed by atoms with Crippen molar-refractivity contribution in [3.05, 3.63) is 23.8 Å². The molecular weight excluding hydrogens is 262 g/mol. The van der Waals surface area contributed by atoms with Crippen LogP contribution in [0.3, 0.4) is 0 Å². The molecule has 20 heavy (non-hydrogen) atoms. The van der Waals surface area contributed by atoms with Crippen LogP contribution in [0.15, 0.2) is 18.2 Å². The predicted octanol–water partition coefficient (Wildman–Crippen LogP) is 1.34. The highest BCUT2D eigenvalue weighted by Crippen LogP contribution is 2.26. The number of rotatable bonds is 3. The zero-order valence-corrected chi connectivity index (χ0v) is 11.2. The van der Waals surface area contributed by atoms with E-state index in [1.54, 1.807) is 11.0 Å². The number of methoxy groups -OCH3 is 1. The lowest BCUT2D eigenvalue weighted by atomic mass is 9.96. The van der Waals surface area contributed by atoms with Gasteiger partial charge in [-0.2, -0.15) is 0 Å². The van der Waals surface area contributed by atoms with Gasteiger partial charge in [0.2, 0.25) is 0 Å². The van der Waals surface area contributed by atoms with Crippen molar-refractivity contribution in [2.75, 3.05) is 20.2 Å². The number of piperidine rings is 1. The summed E-state index contributed by atoms with van der Waals surface area (Å²) in [4.78, 5) is 24.8. The van der Waals surface area contributed by atoms with Gasteiger partial charge in [0.15, 0.2) is 0 Å². The molecule has 1 fully saturated rings. The molecule has 1 aliphatic rings. The number of carbonyl (C=O) groups is 2. The summed E-state index contributed by atoms with van der Waals surface area (Å²) in [6.45, 7) is 0.763. The average molecular weight is 279 g/mol. The van der Waals surface area contributed by atoms with Crippen LogP contribution in [-0.4, -0.2) is 47.2 Å². The molecule has 0 unspecified atom stereocenters. The van der Waals surface area contributed by atoms with Crippen molar-refractivity contribution in [3.63, 3.8) is 0 Å². The highest BCUT2D eigenvalue weighted by atomic mass is 16.5. The number of ether oxygens (including phenoxy) is 1. The Labute approximate surface area is 116 Å². The van der Waals surface area contributed by atoms with E-state index in [1.807, 2.05) is 0 Å². The van der Waals surface area contributed by atoms with Crippen LogP contribution < -0.4 is 4.74 Å². The summed E-state index contributed by atoms with van der Waals surface area (Å²) in [5, 5.41) is 18.7. The number of likely N-dealkylation sites (tertiary alicyclic amines) is 1. The number of nitrogens with zero attached hydrogens (tertiary/aromatic N) is 1. The number of hydrogen-bond donors (Lipinski definition) is 2. The first-order valence-electron chi connectivity index (χ1n) is 6.42. The third-order valence-corrected chi connectivity index (χ3v) is 3.57. The lowest BCUT2D eigenvalue weighted by Gasteiger charge is -2.30. The first kappa shape index (κ1) is 14.2. The van der Waals surface area contributed by atoms with E-state index < -0.39 is 11.9 Å². The molecule has 1 heterocycles. The fourth-order valence-corrected chi connectivity index (χ4v) is 2.31. The van der Waals surface area contributed by atoms with Gasteiger partial charge in [-0.1, -0.05) is 0 Å². The van der Waals surface area contributed by atoms with Crippen molar-refractivity contribution < 1.29 is 24.5 Å². The predicted molar refractivity (Wildman–Crippen MR) is 70.9 cm³/mol. The molecule has 1 saturated heterocycles. The molecule has 0 atom stereocenters. The molecule has 1 aliphatic heterocycles. The quantitative estimate of drug-likeness (QED) is 0.871. The summed E-state index contributed by atoms with van der Waals surface area (Å²) in [5.41, 5.74) is 0.179. The number of amides is 1. The Hall–Kier alpha value is -2.24. The summed E-state index contributed by atoms with van der Waals surface area (Å²) >= 11 is 0. The zero-order valence-electron chi connectivity index (χ0n) is 11.2. The van der Waals surface area contributed by atoms with Crippen molar-refractivity contribution in [2.24, 2.45) is 5.92 Å². The fourth-order valence-electron chi connectivity index (χ4n) is 2.31. The van der Waals surface area contributed by atoms with Crippen LogP contribution in [-0.2, 0) is 4.79 Å². The van der Waals surface area contributed by atoms with Crippen molar-refractivity contribution in [2.45, 2.75) is 12.8 Å². The smallest absolute Gasteiger partial charge is 0.306 e. The fraction of sp³-hybridized carbons (Fsp3) is 0.429. The average Bonchev–Trinajstić information content (AvgIpc) is 2.47. The molecule has 0 spiro atoms. The van der Waals surface area contributed by atoms with E-state index in [1.165, 1.54) is 19.2 Å². The Balaban J connectivity index is 2.11. The van der Waals surface area contributed by atoms with Gasteiger partial charge in [-0.3, -0.25) is 9.59 Å². The standard InChI is InChI=1S/C14H17NO5/c1-20-10-2-3-12(16)11(8-10)13(17)15-6-4-9(5-7-15)14(18)19/h2-3,8-9,16H,4-7H2,1H3,(H,18,19). The monoisotopic (exact) mass is 279 g/mol. The number of benzene rings is 1. The first-order chi connectivity index (χ1) is 9.52. The van der Waals surface area contributed by atoms with Crippen LogP contribution >= 0.6 is 0 Å². The molecule has 2 rings (SSSR count). The largest absolute Gasteiger partial charge is 0.507 e. The lowest BCUT2D eigenvalue weighted by Crippen LogP contribution is -2.40. The van der Waals surface area contributed by atoms with Gasteiger partial charge in [-0.05, 0) is 31.0 Å². The minimum atomic E-state index is -0.818. The van der Waals surface area contributed by atoms with Crippen LogP contribution in [0.25, 0.3) is 0 Å². The molecule has 1 aromatic carbocycles. The van der Waals surface area contributed by atoms with Crippen LogP contribution in [0, 0.1) is 5.92 Å². The first-order valence-corrected chi connectivity index (χ1v) is 6.42. The maximum atomic E-state index is 12.3. The molecule has 0 bridgehead atoms. The number of aliphatic carboxylic acids is 1. The molecule has 0 saturated carbocycles. The molecule has 6 nitrogen and oxygen atoms in total. The number of aromatic hydroxyl groups is 1. The van der Waals surface area contributed by atoms with Gasteiger partial charge >= 0.3 is 5.97 Å². The molecule has 1 amide bonds. The van der Waals surface area contributed by atoms with Gasteiger partial charge < -0.3 is 19.8 Å². The molecule has 2 N–H and O–H groups in total. The second-order valence-electron chi connectivity index (χ2n) is 4.79. The Bertz CT molecular complexity index is 520. The van der Waals surface area contributed by atoms with E-state index >= 15 is 0 Å². The second kappa shape index (κ2) is 5.81. The van der Waals surface area contributed by atoms with E-state index in [9.17, 15) is 14.7 Å². The number of carboxylic acid groups (broad SMARTS) is 1. The molecule has 1 aromatic rings. The molecule has 6 heteroatoms. The van der Waals surface area contributed by atoms with Crippen molar-refractivity contribution >= 4 is 11.9 Å². The summed E-state index contributed by atoms with van der Waals surface area (Å²) < 4.78 is 5.04. The highest BCUT2D eigenvalue weighted by Gasteiger charge is 2.28. The van der Waals surface area contributed by atoms with E-state index in [2.05, 4.69) is 0 Å². The van der Waals surface area contributed by atoms with Gasteiger partial charge in [-0.15, -0.1) is 0 Å². The van der Waals surface area contributed by atoms with Crippen molar-refractivity contribution in [1.82, 2.24) is 4.90 Å². The van der Waals surface area contributed by atoms with Gasteiger partial charge in [0.25, 0.3) is 5.91 Å². The maximum Gasteiger partial charge on any atom is 0.306 e. The van der Waals surface area contributed by atoms with Gasteiger partial charge in [0, 0.05) is 13.1 Å². The Morgan fingerprint density at radius 1 is 1.30 bits per heavy atom. The van der Waals surface area contributed by atoms with E-state index in [0.717, 1.165) is 0 Å². The SMILES string of the molecule is COc1ccc(O)c(C(=O)N2CCC(C(=O)O)CC2)c1. The van der Waals surface area contributed by atoms with Crippen LogP contribution in [0.5, 0.6) is 11.5 Å². The van der Waals surface area contributed by atoms with Crippen molar-refractivity contribution in [1.29, 1.82) is 0 Å². The highest BCUT2D eigenvalue weighted by molar-refractivity contribution is 5.97. The summed E-state index contributed by atoms with van der Waals surface area (Å²) in [6, 6.07) is 4.47. The molecule has 0 radical (unpaired) electrons. The molecular formula is C14H17NO5. The van der Waals surface area contributed by atoms with E-state index in [0.29, 0.717) is 31.7 Å². The van der Waals surface area contributed by atoms with Crippen LogP contribution in [0.1, 0.15) is 23.2 Å². The van der Waals surface area contributed by atoms with Crippen molar-refractivity contribution in [3.8, 4) is 11.5 Å². The summed E-state index contributed by atoms with van der Waals surface area (Å²) in [7, 11) is 1.49. The molecule has 0 aromatic heterocycles. The Morgan fingerprint density at radius 2 is 1.95 bits per heavy atom. The van der Waals surface area contributed by atoms with Gasteiger partial charge in [-0.25, -0.2) is 0 Å². The lowest BCUT2D eigenvalue weighted by molar-refractivity contribution is -0.143. The maximum absolute atomic E-state index is 12.3. The van der Waals surface area contributed by atoms with E-state index in [-0.39, 0.29) is 17.2 Å². The summed E-state index contributed by atoms with van der Waals surface area (Å²) in [6.07, 6.45) is 0.873. The Morgan fingerprint density at radius 3 is 2.50 bits per heavy atom. The molecule has 108 valence electrons. The minimum absolute atomic E-state index is 0.101. The van der Waals surface area contributed by atoms with Crippen LogP contribution in [0.2, 0.25) is 0 Å². The topological polar surface area (TPSA) is 87.1 Å². The molecule has 0 aliphatic carbocycles. The minimum Gasteiger partial charge on any atom is -0.507 e. The summed E-state index contributed by atoms with van der Waals surface area (Å²) in [5.74, 6) is -1.12. The Kier molecular flexibility index (Phi) is 4.12. The van der Waals surface area contributed by atoms with E-state index in [4.69, 9.17) is 9.84 Å². The third-order valence-electron chi connectivity index (χ3n) is 3.57. The van der Waals surface area contributed by atoms with Crippen LogP contribution in [0.4, 0.5) is 0 Å². The number of phenols is 1. The zero-order chi connectivity index (χ0) is 14.7. The van der Waals surface area contributed by atoms with Gasteiger partial charge in [0.05, 0.1) is 18.6 Å². The number of carboxylic acids is 1. The number of phenolic OH excluding ortho intramolecular Hbond substituents is 1. The number of hydrogen-bond acceptors (Lipinski definition) is 4. The second-order valence-corrected chi connectivity index (χ2v) is 4.79.